The molecule has 1 aliphatic rings. The van der Waals surface area contributed by atoms with Gasteiger partial charge in [0.1, 0.15) is 11.8 Å². The van der Waals surface area contributed by atoms with Crippen molar-refractivity contribution in [2.45, 2.75) is 44.5 Å². The number of hydrogen-bond acceptors (Lipinski definition) is 3. The number of primary sulfonamides is 1. The van der Waals surface area contributed by atoms with Crippen LogP contribution in [0.3, 0.4) is 0 Å². The quantitative estimate of drug-likeness (QED) is 0.893. The highest BCUT2D eigenvalue weighted by Crippen LogP contribution is 2.27. The predicted octanol–water partition coefficient (Wildman–Crippen LogP) is 1.71. The molecule has 0 aliphatic carbocycles. The van der Waals surface area contributed by atoms with Crippen LogP contribution in [0, 0.1) is 0 Å². The maximum absolute atomic E-state index is 12.0. The Hall–Kier alpha value is -1.37. The lowest BCUT2D eigenvalue weighted by Gasteiger charge is -2.30. The summed E-state index contributed by atoms with van der Waals surface area (Å²) in [5, 5.41) is 0.869. The number of likely N-dealkylation sites (tertiary alicyclic amines) is 1. The summed E-state index contributed by atoms with van der Waals surface area (Å²) in [7, 11) is -0.937. The zero-order valence-electron chi connectivity index (χ0n) is 14.8. The van der Waals surface area contributed by atoms with Gasteiger partial charge in [-0.15, -0.1) is 0 Å². The van der Waals surface area contributed by atoms with Crippen LogP contribution in [0.1, 0.15) is 38.3 Å². The summed E-state index contributed by atoms with van der Waals surface area (Å²) in [5.74, 6) is 0. The second kappa shape index (κ2) is 6.86. The number of sulfonamides is 1. The Labute approximate surface area is 144 Å². The number of nitrogens with two attached hydrogens (primary N) is 1. The van der Waals surface area contributed by atoms with Crippen molar-refractivity contribution in [2.24, 2.45) is 0 Å². The van der Waals surface area contributed by atoms with Crippen LogP contribution in [0.2, 0.25) is 0 Å². The van der Waals surface area contributed by atoms with Crippen molar-refractivity contribution in [1.29, 1.82) is 0 Å². The van der Waals surface area contributed by atoms with E-state index in [0.29, 0.717) is 12.6 Å². The molecule has 24 heavy (non-hydrogen) atoms. The van der Waals surface area contributed by atoms with Crippen molar-refractivity contribution in [3.05, 3.63) is 36.0 Å². The molecular weight excluding hydrogens is 322 g/mol. The molecule has 1 aliphatic heterocycles. The standard InChI is InChI=1S/C18H27N3O2S/c1-14(2)24(22,23)19-13-15-4-5-16-6-11-21(18(16)12-15)17-7-9-20(3)10-8-17/h4-6,11-12,14,17,19H,7-10,13H2,1-3H3/p+1. The number of aromatic nitrogens is 1. The van der Waals surface area contributed by atoms with E-state index in [1.165, 1.54) is 28.5 Å². The molecule has 0 amide bonds. The monoisotopic (exact) mass is 350 g/mol. The SMILES string of the molecule is CC(C)S(=O)(=O)[NH2+]Cc1ccc2ccn(C3CCN(C)CC3)c2c1. The third kappa shape index (κ3) is 3.66. The van der Waals surface area contributed by atoms with Gasteiger partial charge < -0.3 is 9.47 Å². The second-order valence-corrected chi connectivity index (χ2v) is 9.61. The van der Waals surface area contributed by atoms with Gasteiger partial charge in [0, 0.05) is 23.3 Å². The summed E-state index contributed by atoms with van der Waals surface area (Å²) in [6, 6.07) is 8.99. The van der Waals surface area contributed by atoms with Crippen LogP contribution in [-0.2, 0) is 16.6 Å². The zero-order chi connectivity index (χ0) is 17.3. The summed E-state index contributed by atoms with van der Waals surface area (Å²) < 4.78 is 27.8. The van der Waals surface area contributed by atoms with Crippen molar-refractivity contribution in [2.75, 3.05) is 20.1 Å². The van der Waals surface area contributed by atoms with Crippen LogP contribution < -0.4 is 4.72 Å². The van der Waals surface area contributed by atoms with Gasteiger partial charge in [0.15, 0.2) is 0 Å². The van der Waals surface area contributed by atoms with Crippen LogP contribution in [0.5, 0.6) is 0 Å². The number of quaternary nitrogens is 1. The minimum Gasteiger partial charge on any atom is -0.344 e. The summed E-state index contributed by atoms with van der Waals surface area (Å²) in [6.45, 7) is 6.17. The average Bonchev–Trinajstić information content (AvgIpc) is 2.97. The van der Waals surface area contributed by atoms with E-state index in [2.05, 4.69) is 40.9 Å². The Morgan fingerprint density at radius 2 is 1.92 bits per heavy atom. The van der Waals surface area contributed by atoms with Crippen LogP contribution in [-0.4, -0.2) is 43.3 Å². The van der Waals surface area contributed by atoms with E-state index in [1.54, 1.807) is 13.8 Å². The molecule has 0 unspecified atom stereocenters. The van der Waals surface area contributed by atoms with Crippen molar-refractivity contribution in [1.82, 2.24) is 9.47 Å². The smallest absolute Gasteiger partial charge is 0.296 e. The number of rotatable bonds is 5. The second-order valence-electron chi connectivity index (χ2n) is 7.16. The fourth-order valence-corrected chi connectivity index (χ4v) is 4.13. The normalized spacial score (nSPS) is 17.8. The van der Waals surface area contributed by atoms with Gasteiger partial charge in [-0.3, -0.25) is 0 Å². The molecular formula is C18H28N3O2S+. The molecule has 2 heterocycles. The van der Waals surface area contributed by atoms with Crippen molar-refractivity contribution < 1.29 is 13.1 Å². The maximum Gasteiger partial charge on any atom is 0.296 e. The molecule has 132 valence electrons. The lowest BCUT2D eigenvalue weighted by Crippen LogP contribution is -2.87. The topological polar surface area (TPSA) is 58.9 Å². The molecule has 0 saturated carbocycles. The molecule has 2 aromatic rings. The first-order valence-corrected chi connectivity index (χ1v) is 10.3. The van der Waals surface area contributed by atoms with Gasteiger partial charge in [-0.1, -0.05) is 12.1 Å². The van der Waals surface area contributed by atoms with Gasteiger partial charge in [0.25, 0.3) is 10.0 Å². The minimum absolute atomic E-state index is 0.357. The molecule has 1 fully saturated rings. The Balaban J connectivity index is 1.81. The van der Waals surface area contributed by atoms with Gasteiger partial charge >= 0.3 is 0 Å². The van der Waals surface area contributed by atoms with Crippen molar-refractivity contribution in [3.8, 4) is 0 Å². The molecule has 0 bridgehead atoms. The first kappa shape index (κ1) is 17.5. The highest BCUT2D eigenvalue weighted by Gasteiger charge is 2.21. The Morgan fingerprint density at radius 1 is 1.21 bits per heavy atom. The van der Waals surface area contributed by atoms with E-state index >= 15 is 0 Å². The molecule has 1 aromatic heterocycles. The fourth-order valence-electron chi connectivity index (χ4n) is 3.32. The molecule has 1 saturated heterocycles. The lowest BCUT2D eigenvalue weighted by molar-refractivity contribution is -0.515. The number of benzene rings is 1. The molecule has 1 aromatic carbocycles. The maximum atomic E-state index is 12.0. The molecule has 6 heteroatoms. The molecule has 2 N–H and O–H groups in total. The van der Waals surface area contributed by atoms with Gasteiger partial charge in [-0.25, -0.2) is 4.72 Å². The lowest BCUT2D eigenvalue weighted by atomic mass is 10.0. The van der Waals surface area contributed by atoms with E-state index in [0.717, 1.165) is 18.7 Å². The third-order valence-corrected chi connectivity index (χ3v) is 7.02. The van der Waals surface area contributed by atoms with E-state index < -0.39 is 10.0 Å². The first-order valence-electron chi connectivity index (χ1n) is 8.72. The van der Waals surface area contributed by atoms with E-state index in [9.17, 15) is 8.42 Å². The number of fused-ring (bicyclic) bond motifs is 1. The zero-order valence-corrected chi connectivity index (χ0v) is 15.6. The van der Waals surface area contributed by atoms with Crippen LogP contribution in [0.25, 0.3) is 10.9 Å². The van der Waals surface area contributed by atoms with Crippen molar-refractivity contribution in [3.63, 3.8) is 0 Å². The molecule has 0 atom stereocenters. The Kier molecular flexibility index (Phi) is 4.99. The highest BCUT2D eigenvalue weighted by molar-refractivity contribution is 7.85. The van der Waals surface area contributed by atoms with Gasteiger partial charge in [0.2, 0.25) is 0 Å². The summed E-state index contributed by atoms with van der Waals surface area (Å²) in [4.78, 5) is 2.37. The summed E-state index contributed by atoms with van der Waals surface area (Å²) >= 11 is 0. The van der Waals surface area contributed by atoms with Crippen molar-refractivity contribution >= 4 is 20.9 Å². The van der Waals surface area contributed by atoms with E-state index in [-0.39, 0.29) is 5.25 Å². The van der Waals surface area contributed by atoms with Crippen LogP contribution in [0.4, 0.5) is 0 Å². The highest BCUT2D eigenvalue weighted by atomic mass is 32.2. The molecule has 0 radical (unpaired) electrons. The third-order valence-electron chi connectivity index (χ3n) is 5.08. The largest absolute Gasteiger partial charge is 0.344 e. The summed E-state index contributed by atoms with van der Waals surface area (Å²) in [5.41, 5.74) is 2.28. The minimum atomic E-state index is -3.11. The van der Waals surface area contributed by atoms with Gasteiger partial charge in [-0.2, -0.15) is 8.42 Å². The fraction of sp³-hybridized carbons (Fsp3) is 0.556. The van der Waals surface area contributed by atoms with Gasteiger partial charge in [0.05, 0.1) is 0 Å². The molecule has 0 spiro atoms. The number of nitrogens with zero attached hydrogens (tertiary/aromatic N) is 2. The summed E-state index contributed by atoms with van der Waals surface area (Å²) in [6.07, 6.45) is 4.51. The predicted molar refractivity (Wildman–Crippen MR) is 97.4 cm³/mol. The van der Waals surface area contributed by atoms with E-state index in [4.69, 9.17) is 0 Å². The van der Waals surface area contributed by atoms with Crippen LogP contribution >= 0.6 is 0 Å². The Bertz CT molecular complexity index is 803. The number of hydrogen-bond donors (Lipinski definition) is 1. The average molecular weight is 351 g/mol. The Morgan fingerprint density at radius 3 is 2.58 bits per heavy atom. The molecule has 5 nitrogen and oxygen atoms in total. The molecule has 3 rings (SSSR count). The van der Waals surface area contributed by atoms with Gasteiger partial charge in [-0.05, 0) is 64.3 Å². The first-order chi connectivity index (χ1) is 11.4. The van der Waals surface area contributed by atoms with E-state index in [1.807, 2.05) is 6.07 Å². The van der Waals surface area contributed by atoms with Crippen LogP contribution in [0.15, 0.2) is 30.5 Å². The number of piperidine rings is 1.